The number of hydrogen-bond donors (Lipinski definition) is 0. The zero-order valence-corrected chi connectivity index (χ0v) is 25.5. The molecular formula is C41H28N4O2. The lowest BCUT2D eigenvalue weighted by Crippen LogP contribution is -2.26. The van der Waals surface area contributed by atoms with Gasteiger partial charge in [0.05, 0.1) is 29.9 Å². The summed E-state index contributed by atoms with van der Waals surface area (Å²) in [6.45, 7) is 2.54. The summed E-state index contributed by atoms with van der Waals surface area (Å²) in [7, 11) is 0. The van der Waals surface area contributed by atoms with Crippen molar-refractivity contribution in [2.24, 2.45) is 9.98 Å². The Morgan fingerprint density at radius 3 is 1.34 bits per heavy atom. The highest BCUT2D eigenvalue weighted by molar-refractivity contribution is 5.98. The van der Waals surface area contributed by atoms with Gasteiger partial charge in [-0.05, 0) is 80.9 Å². The first kappa shape index (κ1) is 26.3. The molecule has 0 fully saturated rings. The van der Waals surface area contributed by atoms with Gasteiger partial charge in [-0.2, -0.15) is 0 Å². The minimum atomic E-state index is -0.504. The number of fused-ring (bicyclic) bond motifs is 10. The summed E-state index contributed by atoms with van der Waals surface area (Å²) in [5.74, 6) is 1.24. The number of hydrogen-bond acceptors (Lipinski definition) is 6. The van der Waals surface area contributed by atoms with Gasteiger partial charge in [0.2, 0.25) is 11.8 Å². The fraction of sp³-hybridized carbons (Fsp3) is 0.122. The van der Waals surface area contributed by atoms with E-state index in [0.29, 0.717) is 38.1 Å². The molecular weight excluding hydrogens is 580 g/mol. The van der Waals surface area contributed by atoms with Crippen molar-refractivity contribution in [3.8, 4) is 44.8 Å². The molecule has 6 nitrogen and oxygen atoms in total. The lowest BCUT2D eigenvalue weighted by Gasteiger charge is -2.31. The summed E-state index contributed by atoms with van der Waals surface area (Å²) in [4.78, 5) is 19.0. The van der Waals surface area contributed by atoms with Gasteiger partial charge in [-0.25, -0.2) is 20.0 Å². The molecule has 0 saturated heterocycles. The van der Waals surface area contributed by atoms with Crippen LogP contribution < -0.4 is 0 Å². The number of benzene rings is 4. The number of nitrogens with zero attached hydrogens (tertiary/aromatic N) is 4. The van der Waals surface area contributed by atoms with Crippen molar-refractivity contribution in [3.05, 3.63) is 155 Å². The van der Waals surface area contributed by atoms with Crippen LogP contribution in [0.2, 0.25) is 0 Å². The molecule has 6 heteroatoms. The van der Waals surface area contributed by atoms with Crippen molar-refractivity contribution in [2.45, 2.75) is 5.41 Å². The van der Waals surface area contributed by atoms with Crippen LogP contribution in [-0.4, -0.2) is 48.1 Å². The monoisotopic (exact) mass is 608 g/mol. The molecule has 2 aliphatic carbocycles. The number of aromatic nitrogens is 2. The average Bonchev–Trinajstić information content (AvgIpc) is 3.96. The topological polar surface area (TPSA) is 69.0 Å². The van der Waals surface area contributed by atoms with E-state index in [9.17, 15) is 0 Å². The zero-order chi connectivity index (χ0) is 31.0. The van der Waals surface area contributed by atoms with E-state index in [1.54, 1.807) is 0 Å². The molecule has 4 aliphatic rings. The van der Waals surface area contributed by atoms with Crippen molar-refractivity contribution >= 4 is 11.8 Å². The summed E-state index contributed by atoms with van der Waals surface area (Å²) in [6, 6.07) is 43.5. The van der Waals surface area contributed by atoms with Gasteiger partial charge in [-0.15, -0.1) is 0 Å². The van der Waals surface area contributed by atoms with E-state index in [2.05, 4.69) is 107 Å². The predicted molar refractivity (Wildman–Crippen MR) is 184 cm³/mol. The highest BCUT2D eigenvalue weighted by atomic mass is 16.5. The molecule has 47 heavy (non-hydrogen) atoms. The molecule has 2 aromatic heterocycles. The molecule has 0 unspecified atom stereocenters. The molecule has 4 aromatic carbocycles. The molecule has 6 aromatic rings. The summed E-state index contributed by atoms with van der Waals surface area (Å²) in [6.07, 6.45) is 0. The fourth-order valence-electron chi connectivity index (χ4n) is 7.87. The van der Waals surface area contributed by atoms with Crippen LogP contribution in [-0.2, 0) is 14.9 Å². The van der Waals surface area contributed by atoms with Gasteiger partial charge in [0.25, 0.3) is 0 Å². The van der Waals surface area contributed by atoms with Gasteiger partial charge in [-0.1, -0.05) is 84.9 Å². The van der Waals surface area contributed by atoms with Gasteiger partial charge in [-0.3, -0.25) is 0 Å². The standard InChI is InChI=1S/C41H28N4O2/c1-3-9-31-27(7-1)28-8-2-4-10-32(28)41(31)33-23-25(35-11-5-13-37(44-35)39-42-19-21-46-39)15-17-29(33)30-18-16-26(24-34(30)41)36-12-6-14-38(45-36)40-43-20-22-47-40/h1-18,23-24H,19-22H2. The third-order valence-electron chi connectivity index (χ3n) is 9.79. The van der Waals surface area contributed by atoms with Gasteiger partial charge in [0.1, 0.15) is 24.6 Å². The van der Waals surface area contributed by atoms with E-state index in [1.807, 2.05) is 24.3 Å². The number of ether oxygens (including phenoxy) is 2. The predicted octanol–water partition coefficient (Wildman–Crippen LogP) is 7.71. The van der Waals surface area contributed by atoms with Gasteiger partial charge < -0.3 is 9.47 Å². The Bertz CT molecular complexity index is 2170. The molecule has 2 aliphatic heterocycles. The van der Waals surface area contributed by atoms with Crippen LogP contribution in [0.15, 0.2) is 131 Å². The van der Waals surface area contributed by atoms with E-state index in [1.165, 1.54) is 44.5 Å². The summed E-state index contributed by atoms with van der Waals surface area (Å²) < 4.78 is 11.5. The summed E-state index contributed by atoms with van der Waals surface area (Å²) in [5, 5.41) is 0. The Hall–Kier alpha value is -5.88. The van der Waals surface area contributed by atoms with E-state index in [0.717, 1.165) is 33.9 Å². The Balaban J connectivity index is 1.21. The van der Waals surface area contributed by atoms with Crippen LogP contribution in [0, 0.1) is 0 Å². The van der Waals surface area contributed by atoms with Gasteiger partial charge >= 0.3 is 0 Å². The van der Waals surface area contributed by atoms with Crippen molar-refractivity contribution in [1.29, 1.82) is 0 Å². The van der Waals surface area contributed by atoms with Crippen LogP contribution in [0.25, 0.3) is 44.8 Å². The summed E-state index contributed by atoms with van der Waals surface area (Å²) in [5.41, 5.74) is 15.1. The third-order valence-corrected chi connectivity index (χ3v) is 9.79. The Kier molecular flexibility index (Phi) is 5.64. The maximum absolute atomic E-state index is 5.75. The normalized spacial score (nSPS) is 16.1. The van der Waals surface area contributed by atoms with E-state index < -0.39 is 5.41 Å². The fourth-order valence-corrected chi connectivity index (χ4v) is 7.87. The minimum Gasteiger partial charge on any atom is -0.474 e. The van der Waals surface area contributed by atoms with Gasteiger partial charge in [0, 0.05) is 11.1 Å². The second-order valence-corrected chi connectivity index (χ2v) is 12.2. The molecule has 0 bridgehead atoms. The summed E-state index contributed by atoms with van der Waals surface area (Å²) >= 11 is 0. The number of aliphatic imine (C=N–C) groups is 2. The molecule has 0 radical (unpaired) electrons. The van der Waals surface area contributed by atoms with Crippen LogP contribution in [0.4, 0.5) is 0 Å². The molecule has 0 amide bonds. The van der Waals surface area contributed by atoms with Crippen LogP contribution in [0.1, 0.15) is 33.6 Å². The first-order valence-corrected chi connectivity index (χ1v) is 16.1. The smallest absolute Gasteiger partial charge is 0.235 e. The molecule has 10 rings (SSSR count). The van der Waals surface area contributed by atoms with Crippen molar-refractivity contribution in [3.63, 3.8) is 0 Å². The van der Waals surface area contributed by atoms with Crippen molar-refractivity contribution < 1.29 is 9.47 Å². The van der Waals surface area contributed by atoms with Crippen molar-refractivity contribution in [2.75, 3.05) is 26.3 Å². The highest BCUT2D eigenvalue weighted by Crippen LogP contribution is 2.63. The van der Waals surface area contributed by atoms with Crippen LogP contribution in [0.3, 0.4) is 0 Å². The second kappa shape index (κ2) is 10.1. The molecule has 1 spiro atoms. The Labute approximate surface area is 272 Å². The quantitative estimate of drug-likeness (QED) is 0.205. The van der Waals surface area contributed by atoms with E-state index >= 15 is 0 Å². The van der Waals surface area contributed by atoms with Gasteiger partial charge in [0.15, 0.2) is 0 Å². The van der Waals surface area contributed by atoms with Crippen LogP contribution >= 0.6 is 0 Å². The first-order chi connectivity index (χ1) is 23.3. The molecule has 4 heterocycles. The third kappa shape index (κ3) is 3.78. The maximum Gasteiger partial charge on any atom is 0.235 e. The average molecular weight is 609 g/mol. The van der Waals surface area contributed by atoms with Crippen molar-refractivity contribution in [1.82, 2.24) is 9.97 Å². The largest absolute Gasteiger partial charge is 0.474 e. The molecule has 0 N–H and O–H groups in total. The SMILES string of the molecule is c1cc(C2=NCCO2)nc(-c2ccc3c(c2)C2(c4ccccc4-c4ccccc42)c2cc(-c4cccc(C5=NCCO5)n4)ccc2-3)c1. The Morgan fingerprint density at radius 1 is 0.426 bits per heavy atom. The van der Waals surface area contributed by atoms with E-state index in [-0.39, 0.29) is 0 Å². The number of rotatable bonds is 4. The Morgan fingerprint density at radius 2 is 0.872 bits per heavy atom. The first-order valence-electron chi connectivity index (χ1n) is 16.1. The lowest BCUT2D eigenvalue weighted by atomic mass is 9.70. The minimum absolute atomic E-state index is 0.504. The molecule has 224 valence electrons. The zero-order valence-electron chi connectivity index (χ0n) is 25.5. The lowest BCUT2D eigenvalue weighted by molar-refractivity contribution is 0.347. The van der Waals surface area contributed by atoms with E-state index in [4.69, 9.17) is 19.4 Å². The molecule has 0 atom stereocenters. The highest BCUT2D eigenvalue weighted by Gasteiger charge is 2.51. The second-order valence-electron chi connectivity index (χ2n) is 12.2. The molecule has 0 saturated carbocycles. The maximum atomic E-state index is 5.75. The van der Waals surface area contributed by atoms with Crippen LogP contribution in [0.5, 0.6) is 0 Å². The number of pyridine rings is 2.